The maximum atomic E-state index is 12.9. The zero-order chi connectivity index (χ0) is 20.7. The van der Waals surface area contributed by atoms with E-state index in [0.29, 0.717) is 23.7 Å². The maximum absolute atomic E-state index is 12.9. The lowest BCUT2D eigenvalue weighted by Crippen LogP contribution is -2.34. The maximum Gasteiger partial charge on any atom is 0.252 e. The van der Waals surface area contributed by atoms with Crippen LogP contribution in [0.15, 0.2) is 52.3 Å². The zero-order valence-electron chi connectivity index (χ0n) is 16.0. The summed E-state index contributed by atoms with van der Waals surface area (Å²) >= 11 is 2.78. The van der Waals surface area contributed by atoms with Crippen LogP contribution in [0.2, 0.25) is 0 Å². The molecule has 0 saturated heterocycles. The monoisotopic (exact) mass is 458 g/mol. The van der Waals surface area contributed by atoms with Crippen molar-refractivity contribution in [1.82, 2.24) is 14.3 Å². The van der Waals surface area contributed by atoms with Gasteiger partial charge in [-0.1, -0.05) is 12.1 Å². The third kappa shape index (κ3) is 3.35. The van der Waals surface area contributed by atoms with E-state index in [1.807, 2.05) is 24.3 Å². The van der Waals surface area contributed by atoms with Crippen molar-refractivity contribution >= 4 is 54.4 Å². The fourth-order valence-electron chi connectivity index (χ4n) is 3.58. The van der Waals surface area contributed by atoms with Gasteiger partial charge in [-0.25, -0.2) is 18.4 Å². The van der Waals surface area contributed by atoms with E-state index in [4.69, 9.17) is 4.74 Å². The molecule has 10 heteroatoms. The lowest BCUT2D eigenvalue weighted by molar-refractivity contribution is 0.397. The first-order valence-electron chi connectivity index (χ1n) is 9.26. The average Bonchev–Trinajstić information content (AvgIpc) is 3.42. The SMILES string of the molecule is COc1cccc(Nc2ncnc3sc4c(c23)CCN(S(=O)(=O)c2cccs2)C4)c1. The van der Waals surface area contributed by atoms with E-state index in [9.17, 15) is 8.42 Å². The van der Waals surface area contributed by atoms with E-state index in [1.165, 1.54) is 29.0 Å². The van der Waals surface area contributed by atoms with Crippen molar-refractivity contribution in [3.8, 4) is 5.75 Å². The molecule has 7 nitrogen and oxygen atoms in total. The molecule has 0 amide bonds. The van der Waals surface area contributed by atoms with Crippen molar-refractivity contribution in [1.29, 1.82) is 0 Å². The first-order chi connectivity index (χ1) is 14.6. The van der Waals surface area contributed by atoms with Gasteiger partial charge in [-0.15, -0.1) is 22.7 Å². The number of methoxy groups -OCH3 is 1. The Morgan fingerprint density at radius 1 is 1.20 bits per heavy atom. The molecule has 0 bridgehead atoms. The molecule has 3 aromatic heterocycles. The standard InChI is InChI=1S/C20H18N4O3S3/c1-27-14-5-2-4-13(10-14)23-19-18-15-7-8-24(30(25,26)17-6-3-9-28-17)11-16(15)29-20(18)22-12-21-19/h2-6,9-10,12H,7-8,11H2,1H3,(H,21,22,23). The first-order valence-corrected chi connectivity index (χ1v) is 12.4. The number of nitrogens with one attached hydrogen (secondary N) is 1. The Morgan fingerprint density at radius 2 is 2.10 bits per heavy atom. The minimum atomic E-state index is -3.47. The number of fused-ring (bicyclic) bond motifs is 3. The second kappa shape index (κ2) is 7.62. The fraction of sp³-hybridized carbons (Fsp3) is 0.200. The minimum absolute atomic E-state index is 0.356. The number of benzene rings is 1. The summed E-state index contributed by atoms with van der Waals surface area (Å²) in [6.45, 7) is 0.793. The molecule has 0 radical (unpaired) electrons. The third-order valence-corrected chi connectivity index (χ3v) is 9.37. The van der Waals surface area contributed by atoms with Crippen LogP contribution in [0, 0.1) is 0 Å². The quantitative estimate of drug-likeness (QED) is 0.481. The van der Waals surface area contributed by atoms with E-state index in [-0.39, 0.29) is 0 Å². The Balaban J connectivity index is 1.50. The lowest BCUT2D eigenvalue weighted by atomic mass is 10.1. The van der Waals surface area contributed by atoms with Crippen LogP contribution in [-0.2, 0) is 23.0 Å². The van der Waals surface area contributed by atoms with Crippen LogP contribution in [0.1, 0.15) is 10.4 Å². The van der Waals surface area contributed by atoms with Gasteiger partial charge in [0, 0.05) is 29.7 Å². The van der Waals surface area contributed by atoms with Crippen molar-refractivity contribution in [3.05, 3.63) is 58.5 Å². The highest BCUT2D eigenvalue weighted by atomic mass is 32.2. The molecule has 0 spiro atoms. The summed E-state index contributed by atoms with van der Waals surface area (Å²) in [7, 11) is -1.84. The van der Waals surface area contributed by atoms with Gasteiger partial charge in [-0.2, -0.15) is 4.31 Å². The molecule has 0 atom stereocenters. The first kappa shape index (κ1) is 19.4. The van der Waals surface area contributed by atoms with Crippen molar-refractivity contribution < 1.29 is 13.2 Å². The predicted molar refractivity (Wildman–Crippen MR) is 119 cm³/mol. The fourth-order valence-corrected chi connectivity index (χ4v) is 7.42. The molecule has 4 aromatic rings. The van der Waals surface area contributed by atoms with E-state index < -0.39 is 10.0 Å². The highest BCUT2D eigenvalue weighted by molar-refractivity contribution is 7.91. The summed E-state index contributed by atoms with van der Waals surface area (Å²) in [5, 5.41) is 6.12. The summed E-state index contributed by atoms with van der Waals surface area (Å²) in [6.07, 6.45) is 2.16. The number of aromatic nitrogens is 2. The van der Waals surface area contributed by atoms with Gasteiger partial charge in [0.1, 0.15) is 26.9 Å². The highest BCUT2D eigenvalue weighted by Gasteiger charge is 2.32. The molecule has 1 aromatic carbocycles. The number of anilines is 2. The Labute approximate surface area is 182 Å². The van der Waals surface area contributed by atoms with Crippen molar-refractivity contribution in [2.45, 2.75) is 17.2 Å². The Morgan fingerprint density at radius 3 is 2.90 bits per heavy atom. The van der Waals surface area contributed by atoms with E-state index in [0.717, 1.165) is 37.9 Å². The van der Waals surface area contributed by atoms with Crippen LogP contribution in [0.25, 0.3) is 10.2 Å². The van der Waals surface area contributed by atoms with E-state index in [2.05, 4.69) is 15.3 Å². The van der Waals surface area contributed by atoms with Gasteiger partial charge in [0.15, 0.2) is 0 Å². The van der Waals surface area contributed by atoms with E-state index >= 15 is 0 Å². The van der Waals surface area contributed by atoms with Gasteiger partial charge in [0.05, 0.1) is 12.5 Å². The smallest absolute Gasteiger partial charge is 0.252 e. The predicted octanol–water partition coefficient (Wildman–Crippen LogP) is 4.25. The molecule has 1 N–H and O–H groups in total. The number of hydrogen-bond acceptors (Lipinski definition) is 8. The zero-order valence-corrected chi connectivity index (χ0v) is 18.5. The summed E-state index contributed by atoms with van der Waals surface area (Å²) in [5.74, 6) is 1.48. The molecule has 0 saturated carbocycles. The number of sulfonamides is 1. The van der Waals surface area contributed by atoms with Crippen LogP contribution in [0.5, 0.6) is 5.75 Å². The summed E-state index contributed by atoms with van der Waals surface area (Å²) < 4.78 is 33.1. The molecule has 0 unspecified atom stereocenters. The third-order valence-electron chi connectivity index (χ3n) is 5.02. The topological polar surface area (TPSA) is 84.4 Å². The van der Waals surface area contributed by atoms with Crippen molar-refractivity contribution in [3.63, 3.8) is 0 Å². The number of rotatable bonds is 5. The number of nitrogens with zero attached hydrogens (tertiary/aromatic N) is 3. The largest absolute Gasteiger partial charge is 0.497 e. The van der Waals surface area contributed by atoms with Crippen LogP contribution >= 0.6 is 22.7 Å². The summed E-state index contributed by atoms with van der Waals surface area (Å²) in [4.78, 5) is 10.8. The van der Waals surface area contributed by atoms with Crippen LogP contribution in [0.4, 0.5) is 11.5 Å². The molecular weight excluding hydrogens is 440 g/mol. The molecule has 0 aliphatic carbocycles. The van der Waals surface area contributed by atoms with Gasteiger partial charge in [-0.3, -0.25) is 0 Å². The second-order valence-electron chi connectivity index (χ2n) is 6.78. The van der Waals surface area contributed by atoms with Crippen molar-refractivity contribution in [2.75, 3.05) is 19.0 Å². The normalized spacial score (nSPS) is 14.6. The Kier molecular flexibility index (Phi) is 4.94. The Hall–Kier alpha value is -2.53. The molecule has 5 rings (SSSR count). The van der Waals surface area contributed by atoms with Crippen molar-refractivity contribution in [2.24, 2.45) is 0 Å². The van der Waals surface area contributed by atoms with Gasteiger partial charge in [0.25, 0.3) is 10.0 Å². The number of ether oxygens (including phenoxy) is 1. The molecule has 0 fully saturated rings. The molecular formula is C20H18N4O3S3. The average molecular weight is 459 g/mol. The molecule has 1 aliphatic heterocycles. The molecule has 1 aliphatic rings. The second-order valence-corrected chi connectivity index (χ2v) is 11.0. The van der Waals surface area contributed by atoms with Gasteiger partial charge < -0.3 is 10.1 Å². The number of hydrogen-bond donors (Lipinski definition) is 1. The lowest BCUT2D eigenvalue weighted by Gasteiger charge is -2.25. The Bertz CT molecular complexity index is 1320. The summed E-state index contributed by atoms with van der Waals surface area (Å²) in [5.41, 5.74) is 1.99. The molecule has 154 valence electrons. The van der Waals surface area contributed by atoms with Crippen LogP contribution in [0.3, 0.4) is 0 Å². The van der Waals surface area contributed by atoms with E-state index in [1.54, 1.807) is 28.9 Å². The van der Waals surface area contributed by atoms with Gasteiger partial charge >= 0.3 is 0 Å². The molecule has 30 heavy (non-hydrogen) atoms. The minimum Gasteiger partial charge on any atom is -0.497 e. The number of thiophene rings is 2. The van der Waals surface area contributed by atoms with Gasteiger partial charge in [-0.05, 0) is 35.6 Å². The van der Waals surface area contributed by atoms with Crippen LogP contribution in [-0.4, -0.2) is 36.3 Å². The van der Waals surface area contributed by atoms with Gasteiger partial charge in [0.2, 0.25) is 0 Å². The summed E-state index contributed by atoms with van der Waals surface area (Å²) in [6, 6.07) is 11.1. The highest BCUT2D eigenvalue weighted by Crippen LogP contribution is 2.39. The van der Waals surface area contributed by atoms with Crippen LogP contribution < -0.4 is 10.1 Å². The molecule has 4 heterocycles.